The molecule has 0 saturated heterocycles. The molecule has 5 heteroatoms. The molecule has 1 rings (SSSR count). The zero-order chi connectivity index (χ0) is 13.5. The number of likely N-dealkylation sites (N-methyl/N-ethyl adjacent to an activating group) is 1. The smallest absolute Gasteiger partial charge is 0.160 e. The van der Waals surface area contributed by atoms with Crippen LogP contribution in [0.4, 0.5) is 0 Å². The third-order valence-corrected chi connectivity index (χ3v) is 2.53. The van der Waals surface area contributed by atoms with E-state index < -0.39 is 6.10 Å². The first kappa shape index (κ1) is 14.8. The number of hydrogen-bond acceptors (Lipinski definition) is 5. The topological polar surface area (TPSA) is 65.0 Å². The van der Waals surface area contributed by atoms with Crippen molar-refractivity contribution in [1.82, 2.24) is 10.2 Å². The summed E-state index contributed by atoms with van der Waals surface area (Å²) in [5.41, 5.74) is 0.949. The Morgan fingerprint density at radius 3 is 2.67 bits per heavy atom. The molecule has 0 aliphatic heterocycles. The molecular formula is C13H22N2O3. The fourth-order valence-corrected chi connectivity index (χ4v) is 1.71. The van der Waals surface area contributed by atoms with Crippen molar-refractivity contribution in [3.8, 4) is 11.5 Å². The van der Waals surface area contributed by atoms with E-state index in [9.17, 15) is 10.2 Å². The summed E-state index contributed by atoms with van der Waals surface area (Å²) in [5, 5.41) is 22.4. The van der Waals surface area contributed by atoms with Gasteiger partial charge in [0.2, 0.25) is 0 Å². The third-order valence-electron chi connectivity index (χ3n) is 2.53. The Morgan fingerprint density at radius 2 is 2.11 bits per heavy atom. The highest BCUT2D eigenvalue weighted by atomic mass is 16.5. The van der Waals surface area contributed by atoms with E-state index in [1.807, 2.05) is 25.1 Å². The van der Waals surface area contributed by atoms with E-state index in [0.717, 1.165) is 5.56 Å². The maximum absolute atomic E-state index is 9.66. The van der Waals surface area contributed by atoms with Gasteiger partial charge < -0.3 is 25.2 Å². The van der Waals surface area contributed by atoms with Crippen molar-refractivity contribution in [1.29, 1.82) is 0 Å². The standard InChI is InChI=1S/C13H22N2O3/c1-15(2)9-11(16)8-14-7-10-4-5-13(18-3)12(17)6-10/h4-6,11,14,16-17H,7-9H2,1-3H3. The van der Waals surface area contributed by atoms with Crippen molar-refractivity contribution in [3.05, 3.63) is 23.8 Å². The van der Waals surface area contributed by atoms with Crippen LogP contribution in [0.15, 0.2) is 18.2 Å². The minimum Gasteiger partial charge on any atom is -0.504 e. The molecule has 0 aliphatic carbocycles. The summed E-state index contributed by atoms with van der Waals surface area (Å²) in [4.78, 5) is 1.94. The molecule has 0 aromatic heterocycles. The number of nitrogens with zero attached hydrogens (tertiary/aromatic N) is 1. The first-order chi connectivity index (χ1) is 8.52. The summed E-state index contributed by atoms with van der Waals surface area (Å²) < 4.78 is 4.97. The number of phenols is 1. The Kier molecular flexibility index (Phi) is 5.91. The number of phenolic OH excluding ortho intramolecular Hbond substituents is 1. The highest BCUT2D eigenvalue weighted by Crippen LogP contribution is 2.25. The van der Waals surface area contributed by atoms with Crippen LogP contribution in [-0.4, -0.2) is 55.5 Å². The highest BCUT2D eigenvalue weighted by molar-refractivity contribution is 5.41. The Morgan fingerprint density at radius 1 is 1.39 bits per heavy atom. The Labute approximate surface area is 108 Å². The van der Waals surface area contributed by atoms with Crippen LogP contribution in [0, 0.1) is 0 Å². The fraction of sp³-hybridized carbons (Fsp3) is 0.538. The number of nitrogens with one attached hydrogen (secondary N) is 1. The van der Waals surface area contributed by atoms with E-state index in [0.29, 0.717) is 25.4 Å². The lowest BCUT2D eigenvalue weighted by Crippen LogP contribution is -2.34. The maximum Gasteiger partial charge on any atom is 0.160 e. The molecule has 0 aliphatic rings. The van der Waals surface area contributed by atoms with Crippen molar-refractivity contribution in [2.45, 2.75) is 12.6 Å². The quantitative estimate of drug-likeness (QED) is 0.658. The Bertz CT molecular complexity index is 369. The zero-order valence-electron chi connectivity index (χ0n) is 11.2. The number of hydrogen-bond donors (Lipinski definition) is 3. The van der Waals surface area contributed by atoms with Crippen LogP contribution in [0.3, 0.4) is 0 Å². The largest absolute Gasteiger partial charge is 0.504 e. The zero-order valence-corrected chi connectivity index (χ0v) is 11.2. The molecule has 0 amide bonds. The molecule has 1 aromatic carbocycles. The molecule has 1 aromatic rings. The second-order valence-corrected chi connectivity index (χ2v) is 4.55. The van der Waals surface area contributed by atoms with Gasteiger partial charge >= 0.3 is 0 Å². The van der Waals surface area contributed by atoms with Crippen LogP contribution in [-0.2, 0) is 6.54 Å². The monoisotopic (exact) mass is 254 g/mol. The number of rotatable bonds is 7. The summed E-state index contributed by atoms with van der Waals surface area (Å²) in [6.07, 6.45) is -0.396. The van der Waals surface area contributed by atoms with Gasteiger partial charge in [0.15, 0.2) is 11.5 Å². The molecule has 0 spiro atoms. The van der Waals surface area contributed by atoms with Crippen LogP contribution in [0.25, 0.3) is 0 Å². The summed E-state index contributed by atoms with van der Waals surface area (Å²) in [5.74, 6) is 0.594. The molecule has 1 unspecified atom stereocenters. The van der Waals surface area contributed by atoms with Crippen LogP contribution in [0.5, 0.6) is 11.5 Å². The van der Waals surface area contributed by atoms with Gasteiger partial charge in [0.1, 0.15) is 0 Å². The Hall–Kier alpha value is -1.30. The molecule has 0 saturated carbocycles. The summed E-state index contributed by atoms with van der Waals surface area (Å²) in [6, 6.07) is 5.26. The molecular weight excluding hydrogens is 232 g/mol. The van der Waals surface area contributed by atoms with Crippen LogP contribution < -0.4 is 10.1 Å². The SMILES string of the molecule is COc1ccc(CNCC(O)CN(C)C)cc1O. The van der Waals surface area contributed by atoms with Gasteiger partial charge in [0.05, 0.1) is 13.2 Å². The summed E-state index contributed by atoms with van der Waals surface area (Å²) in [6.45, 7) is 1.74. The van der Waals surface area contributed by atoms with Crippen molar-refractivity contribution in [2.75, 3.05) is 34.3 Å². The molecule has 102 valence electrons. The normalized spacial score (nSPS) is 12.7. The number of aromatic hydroxyl groups is 1. The summed E-state index contributed by atoms with van der Waals surface area (Å²) >= 11 is 0. The van der Waals surface area contributed by atoms with Gasteiger partial charge in [-0.15, -0.1) is 0 Å². The second kappa shape index (κ2) is 7.20. The van der Waals surface area contributed by atoms with Crippen molar-refractivity contribution in [3.63, 3.8) is 0 Å². The van der Waals surface area contributed by atoms with Crippen LogP contribution >= 0.6 is 0 Å². The van der Waals surface area contributed by atoms with Gasteiger partial charge in [0.25, 0.3) is 0 Å². The van der Waals surface area contributed by atoms with Gasteiger partial charge in [-0.3, -0.25) is 0 Å². The molecule has 3 N–H and O–H groups in total. The van der Waals surface area contributed by atoms with Crippen molar-refractivity contribution >= 4 is 0 Å². The molecule has 0 fully saturated rings. The van der Waals surface area contributed by atoms with Crippen molar-refractivity contribution < 1.29 is 14.9 Å². The number of methoxy groups -OCH3 is 1. The predicted molar refractivity (Wildman–Crippen MR) is 70.9 cm³/mol. The van der Waals surface area contributed by atoms with E-state index in [1.54, 1.807) is 12.1 Å². The first-order valence-electron chi connectivity index (χ1n) is 5.92. The van der Waals surface area contributed by atoms with Gasteiger partial charge in [0, 0.05) is 19.6 Å². The van der Waals surface area contributed by atoms with E-state index in [-0.39, 0.29) is 5.75 Å². The van der Waals surface area contributed by atoms with Crippen molar-refractivity contribution in [2.24, 2.45) is 0 Å². The van der Waals surface area contributed by atoms with Gasteiger partial charge in [-0.05, 0) is 31.8 Å². The first-order valence-corrected chi connectivity index (χ1v) is 5.92. The van der Waals surface area contributed by atoms with Gasteiger partial charge in [-0.25, -0.2) is 0 Å². The van der Waals surface area contributed by atoms with E-state index in [1.165, 1.54) is 7.11 Å². The third kappa shape index (κ3) is 4.91. The van der Waals surface area contributed by atoms with Gasteiger partial charge in [-0.1, -0.05) is 6.07 Å². The van der Waals surface area contributed by atoms with E-state index in [2.05, 4.69) is 5.32 Å². The minimum atomic E-state index is -0.396. The number of benzene rings is 1. The molecule has 18 heavy (non-hydrogen) atoms. The van der Waals surface area contributed by atoms with Crippen LogP contribution in [0.2, 0.25) is 0 Å². The number of aliphatic hydroxyl groups is 1. The average molecular weight is 254 g/mol. The van der Waals surface area contributed by atoms with E-state index >= 15 is 0 Å². The predicted octanol–water partition coefficient (Wildman–Crippen LogP) is 0.413. The number of ether oxygens (including phenoxy) is 1. The molecule has 1 atom stereocenters. The van der Waals surface area contributed by atoms with E-state index in [4.69, 9.17) is 4.74 Å². The molecule has 0 bridgehead atoms. The van der Waals surface area contributed by atoms with Gasteiger partial charge in [-0.2, -0.15) is 0 Å². The Balaban J connectivity index is 2.37. The molecule has 0 heterocycles. The second-order valence-electron chi connectivity index (χ2n) is 4.55. The molecule has 5 nitrogen and oxygen atoms in total. The highest BCUT2D eigenvalue weighted by Gasteiger charge is 2.06. The van der Waals surface area contributed by atoms with Crippen LogP contribution in [0.1, 0.15) is 5.56 Å². The molecule has 0 radical (unpaired) electrons. The average Bonchev–Trinajstić information content (AvgIpc) is 2.28. The minimum absolute atomic E-state index is 0.130. The summed E-state index contributed by atoms with van der Waals surface area (Å²) in [7, 11) is 5.36. The maximum atomic E-state index is 9.66. The lowest BCUT2D eigenvalue weighted by Gasteiger charge is -2.16. The number of aliphatic hydroxyl groups excluding tert-OH is 1. The lowest BCUT2D eigenvalue weighted by molar-refractivity contribution is 0.134. The fourth-order valence-electron chi connectivity index (χ4n) is 1.71. The lowest BCUT2D eigenvalue weighted by atomic mass is 10.2.